The first-order valence-corrected chi connectivity index (χ1v) is 9.47. The Labute approximate surface area is 167 Å². The third-order valence-electron chi connectivity index (χ3n) is 4.37. The van der Waals surface area contributed by atoms with Crippen molar-refractivity contribution >= 4 is 29.1 Å². The second-order valence-electron chi connectivity index (χ2n) is 6.38. The number of hydrogen-bond donors (Lipinski definition) is 1. The maximum absolute atomic E-state index is 12.7. The van der Waals surface area contributed by atoms with Gasteiger partial charge in [-0.3, -0.25) is 13.9 Å². The monoisotopic (exact) mass is 394 g/mol. The molecule has 1 N–H and O–H groups in total. The Morgan fingerprint density at radius 2 is 2.00 bits per heavy atom. The summed E-state index contributed by atoms with van der Waals surface area (Å²) in [6.07, 6.45) is 7.12. The quantitative estimate of drug-likeness (QED) is 0.529. The number of nitrogens with one attached hydrogen (secondary N) is 1. The predicted octanol–water partition coefficient (Wildman–Crippen LogP) is 4.30. The Balaban J connectivity index is 1.58. The maximum Gasteiger partial charge on any atom is 0.276 e. The van der Waals surface area contributed by atoms with Gasteiger partial charge in [-0.05, 0) is 12.5 Å². The zero-order valence-electron chi connectivity index (χ0n) is 15.3. The highest BCUT2D eigenvalue weighted by Gasteiger charge is 2.18. The molecule has 7 nitrogen and oxygen atoms in total. The first-order valence-electron chi connectivity index (χ1n) is 9.09. The van der Waals surface area contributed by atoms with Gasteiger partial charge in [-0.15, -0.1) is 0 Å². The lowest BCUT2D eigenvalue weighted by Crippen LogP contribution is -2.19. The number of benzene rings is 1. The van der Waals surface area contributed by atoms with Gasteiger partial charge in [0.25, 0.3) is 5.91 Å². The molecule has 0 saturated heterocycles. The van der Waals surface area contributed by atoms with E-state index in [0.29, 0.717) is 28.9 Å². The normalized spacial score (nSPS) is 11.1. The summed E-state index contributed by atoms with van der Waals surface area (Å²) in [7, 11) is 0. The summed E-state index contributed by atoms with van der Waals surface area (Å²) in [5.41, 5.74) is 2.16. The second-order valence-corrected chi connectivity index (χ2v) is 6.79. The van der Waals surface area contributed by atoms with Crippen LogP contribution in [0.1, 0.15) is 30.3 Å². The number of halogens is 1. The van der Waals surface area contributed by atoms with E-state index in [0.717, 1.165) is 24.1 Å². The van der Waals surface area contributed by atoms with Gasteiger partial charge < -0.3 is 5.32 Å². The summed E-state index contributed by atoms with van der Waals surface area (Å²) in [6.45, 7) is 2.72. The van der Waals surface area contributed by atoms with Gasteiger partial charge in [-0.25, -0.2) is 4.98 Å². The molecule has 1 amide bonds. The van der Waals surface area contributed by atoms with Crippen LogP contribution in [0.4, 0.5) is 5.82 Å². The summed E-state index contributed by atoms with van der Waals surface area (Å²) in [4.78, 5) is 21.7. The van der Waals surface area contributed by atoms with Crippen molar-refractivity contribution in [3.8, 4) is 11.3 Å². The Morgan fingerprint density at radius 3 is 2.79 bits per heavy atom. The minimum absolute atomic E-state index is 0.321. The molecule has 0 aliphatic heterocycles. The number of hydrogen-bond acceptors (Lipinski definition) is 4. The molecule has 0 unspecified atom stereocenters. The molecule has 3 aromatic heterocycles. The number of amides is 1. The van der Waals surface area contributed by atoms with E-state index in [9.17, 15) is 4.79 Å². The number of fused-ring (bicyclic) bond motifs is 1. The summed E-state index contributed by atoms with van der Waals surface area (Å²) < 4.78 is 3.44. The molecule has 142 valence electrons. The van der Waals surface area contributed by atoms with Crippen molar-refractivity contribution in [3.05, 3.63) is 65.7 Å². The lowest BCUT2D eigenvalue weighted by molar-refractivity contribution is 0.101. The number of anilines is 1. The van der Waals surface area contributed by atoms with Gasteiger partial charge in [0.15, 0.2) is 0 Å². The standard InChI is InChI=1S/C20H19ClN6O/c1-2-3-10-27-18(15(21)12-22-27)19(28)24-17-9-11-26-13-16(23-20(26)25-17)14-7-5-4-6-8-14/h4-9,11-13H,2-3,10H2,1H3,(H,23,24,25,28). The van der Waals surface area contributed by atoms with Crippen LogP contribution in [0.2, 0.25) is 5.02 Å². The molecule has 0 saturated carbocycles. The van der Waals surface area contributed by atoms with Crippen LogP contribution in [0.15, 0.2) is 55.0 Å². The molecule has 1 aromatic carbocycles. The van der Waals surface area contributed by atoms with Crippen LogP contribution in [-0.2, 0) is 6.54 Å². The number of imidazole rings is 1. The average Bonchev–Trinajstić information content (AvgIpc) is 3.30. The lowest BCUT2D eigenvalue weighted by atomic mass is 10.2. The number of rotatable bonds is 6. The van der Waals surface area contributed by atoms with Gasteiger partial charge in [0.05, 0.1) is 16.9 Å². The smallest absolute Gasteiger partial charge is 0.276 e. The van der Waals surface area contributed by atoms with E-state index in [4.69, 9.17) is 11.6 Å². The van der Waals surface area contributed by atoms with Gasteiger partial charge in [-0.2, -0.15) is 10.1 Å². The molecule has 28 heavy (non-hydrogen) atoms. The van der Waals surface area contributed by atoms with E-state index in [-0.39, 0.29) is 5.91 Å². The van der Waals surface area contributed by atoms with Gasteiger partial charge in [0.1, 0.15) is 11.5 Å². The molecule has 8 heteroatoms. The van der Waals surface area contributed by atoms with Crippen LogP contribution >= 0.6 is 11.6 Å². The first kappa shape index (κ1) is 18.2. The van der Waals surface area contributed by atoms with Crippen molar-refractivity contribution in [1.82, 2.24) is 24.1 Å². The van der Waals surface area contributed by atoms with Crippen molar-refractivity contribution < 1.29 is 4.79 Å². The van der Waals surface area contributed by atoms with Gasteiger partial charge >= 0.3 is 0 Å². The number of unbranched alkanes of at least 4 members (excludes halogenated alkanes) is 1. The summed E-state index contributed by atoms with van der Waals surface area (Å²) in [6, 6.07) is 11.6. The molecular weight excluding hydrogens is 376 g/mol. The highest BCUT2D eigenvalue weighted by molar-refractivity contribution is 6.34. The van der Waals surface area contributed by atoms with Crippen LogP contribution in [0, 0.1) is 0 Å². The Hall–Kier alpha value is -3.19. The molecule has 0 aliphatic carbocycles. The predicted molar refractivity (Wildman–Crippen MR) is 109 cm³/mol. The van der Waals surface area contributed by atoms with Gasteiger partial charge in [-0.1, -0.05) is 55.3 Å². The Bertz CT molecular complexity index is 1120. The van der Waals surface area contributed by atoms with E-state index >= 15 is 0 Å². The minimum atomic E-state index is -0.342. The van der Waals surface area contributed by atoms with Crippen LogP contribution in [0.3, 0.4) is 0 Å². The van der Waals surface area contributed by atoms with Crippen LogP contribution in [0.25, 0.3) is 17.0 Å². The van der Waals surface area contributed by atoms with Crippen molar-refractivity contribution in [2.75, 3.05) is 5.32 Å². The number of carbonyl (C=O) groups is 1. The zero-order valence-corrected chi connectivity index (χ0v) is 16.1. The number of nitrogens with zero attached hydrogens (tertiary/aromatic N) is 5. The van der Waals surface area contributed by atoms with Crippen LogP contribution in [-0.4, -0.2) is 30.1 Å². The largest absolute Gasteiger partial charge is 0.305 e. The molecule has 0 spiro atoms. The fourth-order valence-corrected chi connectivity index (χ4v) is 3.16. The molecule has 0 bridgehead atoms. The second kappa shape index (κ2) is 7.82. The summed E-state index contributed by atoms with van der Waals surface area (Å²) >= 11 is 6.17. The van der Waals surface area contributed by atoms with E-state index in [1.807, 2.05) is 47.1 Å². The Morgan fingerprint density at radius 1 is 1.18 bits per heavy atom. The highest BCUT2D eigenvalue weighted by atomic mass is 35.5. The molecule has 0 aliphatic rings. The molecule has 0 fully saturated rings. The van der Waals surface area contributed by atoms with Crippen molar-refractivity contribution in [3.63, 3.8) is 0 Å². The third-order valence-corrected chi connectivity index (χ3v) is 4.65. The Kier molecular flexibility index (Phi) is 5.08. The summed E-state index contributed by atoms with van der Waals surface area (Å²) in [5, 5.41) is 7.31. The molecular formula is C20H19ClN6O. The van der Waals surface area contributed by atoms with Crippen LogP contribution < -0.4 is 5.32 Å². The molecule has 3 heterocycles. The average molecular weight is 395 g/mol. The lowest BCUT2D eigenvalue weighted by Gasteiger charge is -2.08. The van der Waals surface area contributed by atoms with E-state index in [1.54, 1.807) is 10.7 Å². The van der Waals surface area contributed by atoms with E-state index < -0.39 is 0 Å². The molecule has 4 rings (SSSR count). The maximum atomic E-state index is 12.7. The third kappa shape index (κ3) is 3.61. The SMILES string of the molecule is CCCCn1ncc(Cl)c1C(=O)Nc1ccn2cc(-c3ccccc3)nc2n1. The molecule has 4 aromatic rings. The highest BCUT2D eigenvalue weighted by Crippen LogP contribution is 2.20. The van der Waals surface area contributed by atoms with Crippen molar-refractivity contribution in [2.24, 2.45) is 0 Å². The number of aryl methyl sites for hydroxylation is 1. The van der Waals surface area contributed by atoms with Crippen molar-refractivity contribution in [1.29, 1.82) is 0 Å². The minimum Gasteiger partial charge on any atom is -0.305 e. The topological polar surface area (TPSA) is 77.1 Å². The van der Waals surface area contributed by atoms with Gasteiger partial charge in [0.2, 0.25) is 5.78 Å². The summed E-state index contributed by atoms with van der Waals surface area (Å²) in [5.74, 6) is 0.564. The fraction of sp³-hybridized carbons (Fsp3) is 0.200. The fourth-order valence-electron chi connectivity index (χ4n) is 2.93. The number of carbonyl (C=O) groups excluding carboxylic acids is 1. The van der Waals surface area contributed by atoms with Gasteiger partial charge in [0, 0.05) is 24.5 Å². The van der Waals surface area contributed by atoms with E-state index in [2.05, 4.69) is 27.3 Å². The first-order chi connectivity index (χ1) is 13.7. The zero-order chi connectivity index (χ0) is 19.5. The van der Waals surface area contributed by atoms with Crippen LogP contribution in [0.5, 0.6) is 0 Å². The van der Waals surface area contributed by atoms with Crippen molar-refractivity contribution in [2.45, 2.75) is 26.3 Å². The van der Waals surface area contributed by atoms with E-state index in [1.165, 1.54) is 6.20 Å². The number of aromatic nitrogens is 5. The molecule has 0 atom stereocenters. The molecule has 0 radical (unpaired) electrons.